The first kappa shape index (κ1) is 15.7. The third kappa shape index (κ3) is 3.14. The van der Waals surface area contributed by atoms with Gasteiger partial charge in [0.15, 0.2) is 0 Å². The summed E-state index contributed by atoms with van der Waals surface area (Å²) in [6, 6.07) is 4.80. The Morgan fingerprint density at radius 1 is 1.35 bits per heavy atom. The van der Waals surface area contributed by atoms with Crippen molar-refractivity contribution in [2.24, 2.45) is 0 Å². The summed E-state index contributed by atoms with van der Waals surface area (Å²) in [4.78, 5) is 37.3. The topological polar surface area (TPSA) is 83.6 Å². The molecule has 0 spiro atoms. The predicted molar refractivity (Wildman–Crippen MR) is 87.4 cm³/mol. The molecule has 122 valence electrons. The SMILES string of the molecule is C=S(C)(=O)Cc1ccc2c(c1)C(=O)N(C1CCC(=O)NC1=O)C2. The third-order valence-corrected chi connectivity index (χ3v) is 5.01. The number of piperidine rings is 1. The Bertz CT molecular complexity index is 813. The molecule has 2 unspecified atom stereocenters. The van der Waals surface area contributed by atoms with Gasteiger partial charge in [0.1, 0.15) is 6.04 Å². The van der Waals surface area contributed by atoms with Gasteiger partial charge >= 0.3 is 0 Å². The molecule has 1 saturated heterocycles. The smallest absolute Gasteiger partial charge is 0.255 e. The van der Waals surface area contributed by atoms with Gasteiger partial charge in [0.2, 0.25) is 11.8 Å². The van der Waals surface area contributed by atoms with E-state index in [9.17, 15) is 18.6 Å². The summed E-state index contributed by atoms with van der Waals surface area (Å²) in [5.74, 6) is 3.00. The molecule has 7 heteroatoms. The van der Waals surface area contributed by atoms with Crippen molar-refractivity contribution in [3.05, 3.63) is 34.9 Å². The average molecular weight is 334 g/mol. The molecule has 0 saturated carbocycles. The zero-order chi connectivity index (χ0) is 16.8. The van der Waals surface area contributed by atoms with Crippen LogP contribution in [0.25, 0.3) is 0 Å². The number of rotatable bonds is 3. The summed E-state index contributed by atoms with van der Waals surface area (Å²) in [5, 5.41) is 2.28. The van der Waals surface area contributed by atoms with Crippen molar-refractivity contribution in [2.45, 2.75) is 31.2 Å². The number of nitrogens with zero attached hydrogens (tertiary/aromatic N) is 1. The van der Waals surface area contributed by atoms with E-state index in [2.05, 4.69) is 11.2 Å². The fourth-order valence-corrected chi connectivity index (χ4v) is 3.93. The molecule has 0 aliphatic carbocycles. The molecule has 0 radical (unpaired) electrons. The minimum absolute atomic E-state index is 0.219. The zero-order valence-electron chi connectivity index (χ0n) is 12.8. The van der Waals surface area contributed by atoms with Crippen LogP contribution in [0.1, 0.15) is 34.3 Å². The second-order valence-corrected chi connectivity index (χ2v) is 8.88. The van der Waals surface area contributed by atoms with E-state index in [1.165, 1.54) is 4.90 Å². The van der Waals surface area contributed by atoms with Crippen LogP contribution in [0.15, 0.2) is 18.2 Å². The van der Waals surface area contributed by atoms with Crippen molar-refractivity contribution in [1.29, 1.82) is 0 Å². The molecule has 2 aliphatic rings. The highest BCUT2D eigenvalue weighted by Gasteiger charge is 2.39. The van der Waals surface area contributed by atoms with E-state index in [1.807, 2.05) is 12.1 Å². The maximum absolute atomic E-state index is 12.6. The Hall–Kier alpha value is -2.15. The lowest BCUT2D eigenvalue weighted by molar-refractivity contribution is -0.136. The van der Waals surface area contributed by atoms with Gasteiger partial charge in [0.25, 0.3) is 5.91 Å². The Morgan fingerprint density at radius 2 is 2.09 bits per heavy atom. The predicted octanol–water partition coefficient (Wildman–Crippen LogP) is 0.294. The van der Waals surface area contributed by atoms with Crippen LogP contribution in [0.5, 0.6) is 0 Å². The van der Waals surface area contributed by atoms with Crippen LogP contribution in [0.3, 0.4) is 0 Å². The summed E-state index contributed by atoms with van der Waals surface area (Å²) in [5.41, 5.74) is 2.18. The first-order chi connectivity index (χ1) is 10.7. The second kappa shape index (κ2) is 5.49. The van der Waals surface area contributed by atoms with Crippen molar-refractivity contribution in [1.82, 2.24) is 10.2 Å². The number of carbonyl (C=O) groups excluding carboxylic acids is 3. The van der Waals surface area contributed by atoms with Gasteiger partial charge in [-0.2, -0.15) is 0 Å². The molecule has 23 heavy (non-hydrogen) atoms. The molecule has 2 aliphatic heterocycles. The van der Waals surface area contributed by atoms with Gasteiger partial charge in [-0.05, 0) is 39.0 Å². The summed E-state index contributed by atoms with van der Waals surface area (Å²) in [7, 11) is -2.19. The number of hydrogen-bond donors (Lipinski definition) is 1. The molecule has 0 aromatic heterocycles. The molecule has 1 aromatic rings. The molecule has 2 atom stereocenters. The first-order valence-corrected chi connectivity index (χ1v) is 9.61. The maximum atomic E-state index is 12.6. The largest absolute Gasteiger partial charge is 0.322 e. The minimum atomic E-state index is -2.19. The minimum Gasteiger partial charge on any atom is -0.322 e. The second-order valence-electron chi connectivity index (χ2n) is 6.22. The molecule has 3 rings (SSSR count). The highest BCUT2D eigenvalue weighted by atomic mass is 32.2. The van der Waals surface area contributed by atoms with Gasteiger partial charge in [-0.1, -0.05) is 12.1 Å². The number of carbonyl (C=O) groups is 3. The van der Waals surface area contributed by atoms with Crippen molar-refractivity contribution in [3.8, 4) is 0 Å². The Balaban J connectivity index is 1.85. The van der Waals surface area contributed by atoms with Crippen LogP contribution >= 0.6 is 0 Å². The van der Waals surface area contributed by atoms with E-state index >= 15 is 0 Å². The summed E-state index contributed by atoms with van der Waals surface area (Å²) in [6.45, 7) is 0.354. The Labute approximate surface area is 134 Å². The highest BCUT2D eigenvalue weighted by Crippen LogP contribution is 2.28. The average Bonchev–Trinajstić information content (AvgIpc) is 2.74. The first-order valence-electron chi connectivity index (χ1n) is 7.31. The molecule has 0 bridgehead atoms. The van der Waals surface area contributed by atoms with E-state index in [-0.39, 0.29) is 18.2 Å². The van der Waals surface area contributed by atoms with Gasteiger partial charge in [-0.3, -0.25) is 23.9 Å². The normalized spacial score (nSPS) is 23.4. The Morgan fingerprint density at radius 3 is 2.74 bits per heavy atom. The molecule has 6 nitrogen and oxygen atoms in total. The molecular formula is C16H18N2O4S. The van der Waals surface area contributed by atoms with Crippen LogP contribution < -0.4 is 5.32 Å². The van der Waals surface area contributed by atoms with Crippen LogP contribution in [0.4, 0.5) is 0 Å². The van der Waals surface area contributed by atoms with Crippen LogP contribution in [-0.2, 0) is 31.4 Å². The van der Waals surface area contributed by atoms with Gasteiger partial charge in [-0.15, -0.1) is 0 Å². The molecule has 2 heterocycles. The quantitative estimate of drug-likeness (QED) is 0.636. The lowest BCUT2D eigenvalue weighted by Crippen LogP contribution is -2.52. The van der Waals surface area contributed by atoms with Crippen molar-refractivity contribution >= 4 is 33.1 Å². The van der Waals surface area contributed by atoms with E-state index in [0.717, 1.165) is 11.1 Å². The maximum Gasteiger partial charge on any atom is 0.255 e. The lowest BCUT2D eigenvalue weighted by atomic mass is 10.0. The fourth-order valence-electron chi connectivity index (χ4n) is 3.04. The summed E-state index contributed by atoms with van der Waals surface area (Å²) in [6.07, 6.45) is 2.16. The molecule has 3 amide bonds. The van der Waals surface area contributed by atoms with E-state index < -0.39 is 21.5 Å². The number of fused-ring (bicyclic) bond motifs is 1. The standard InChI is InChI=1S/C16H18N2O4S/c1-23(2,22)9-10-3-4-11-8-18(16(21)12(11)7-10)13-5-6-14(19)17-15(13)20/h3-4,7,13H,1,5-6,8-9H2,2H3,(H,17,19,20). The Kier molecular flexibility index (Phi) is 3.75. The van der Waals surface area contributed by atoms with Gasteiger partial charge in [0, 0.05) is 30.5 Å². The highest BCUT2D eigenvalue weighted by molar-refractivity contribution is 7.98. The van der Waals surface area contributed by atoms with E-state index in [0.29, 0.717) is 24.3 Å². The third-order valence-electron chi connectivity index (χ3n) is 4.06. The lowest BCUT2D eigenvalue weighted by Gasteiger charge is -2.29. The van der Waals surface area contributed by atoms with Gasteiger partial charge in [-0.25, -0.2) is 0 Å². The molecule has 1 aromatic carbocycles. The van der Waals surface area contributed by atoms with Crippen molar-refractivity contribution in [2.75, 3.05) is 6.26 Å². The monoisotopic (exact) mass is 334 g/mol. The fraction of sp³-hybridized carbons (Fsp3) is 0.375. The van der Waals surface area contributed by atoms with Crippen molar-refractivity contribution in [3.63, 3.8) is 0 Å². The number of benzene rings is 1. The molecular weight excluding hydrogens is 316 g/mol. The number of nitrogens with one attached hydrogen (secondary N) is 1. The van der Waals surface area contributed by atoms with Gasteiger partial charge in [0.05, 0.1) is 0 Å². The van der Waals surface area contributed by atoms with Crippen LogP contribution in [0.2, 0.25) is 0 Å². The molecule has 1 N–H and O–H groups in total. The summed E-state index contributed by atoms with van der Waals surface area (Å²) >= 11 is 0. The van der Waals surface area contributed by atoms with E-state index in [4.69, 9.17) is 0 Å². The summed E-state index contributed by atoms with van der Waals surface area (Å²) < 4.78 is 11.8. The van der Waals surface area contributed by atoms with Crippen LogP contribution in [-0.4, -0.2) is 45.0 Å². The molecule has 1 fully saturated rings. The zero-order valence-corrected chi connectivity index (χ0v) is 13.6. The van der Waals surface area contributed by atoms with Gasteiger partial charge < -0.3 is 4.90 Å². The van der Waals surface area contributed by atoms with E-state index in [1.54, 1.807) is 12.3 Å². The number of hydrogen-bond acceptors (Lipinski definition) is 4. The van der Waals surface area contributed by atoms with Crippen LogP contribution in [0, 0.1) is 0 Å². The number of amides is 3. The van der Waals surface area contributed by atoms with Crippen molar-refractivity contribution < 1.29 is 18.6 Å². The number of imide groups is 1.